The van der Waals surface area contributed by atoms with E-state index >= 15 is 0 Å². The van der Waals surface area contributed by atoms with Gasteiger partial charge in [0.25, 0.3) is 0 Å². The summed E-state index contributed by atoms with van der Waals surface area (Å²) in [7, 11) is -2.60. The van der Waals surface area contributed by atoms with E-state index in [4.69, 9.17) is 4.74 Å². The van der Waals surface area contributed by atoms with Crippen LogP contribution in [0.15, 0.2) is 47.5 Å². The molecule has 1 N–H and O–H groups in total. The molecule has 140 valence electrons. The Hall–Kier alpha value is -1.57. The highest BCUT2D eigenvalue weighted by Crippen LogP contribution is 2.30. The molecule has 1 saturated carbocycles. The molecule has 0 unspecified atom stereocenters. The van der Waals surface area contributed by atoms with Crippen LogP contribution in [-0.4, -0.2) is 25.5 Å². The third-order valence-electron chi connectivity index (χ3n) is 4.44. The molecule has 1 heterocycles. The molecule has 3 rings (SSSR count). The van der Waals surface area contributed by atoms with Crippen LogP contribution >= 0.6 is 11.0 Å². The Labute approximate surface area is 159 Å². The summed E-state index contributed by atoms with van der Waals surface area (Å²) in [4.78, 5) is 4.58. The van der Waals surface area contributed by atoms with Crippen molar-refractivity contribution in [1.82, 2.24) is 9.71 Å². The number of rotatable bonds is 7. The van der Waals surface area contributed by atoms with Gasteiger partial charge in [-0.25, -0.2) is 18.1 Å². The standard InChI is InChI=1S/C19H24N2O3S2/c1-13(2)15-8-9-20-19(10-15)24-17-11-16(12-17)21-25-26(22,23)18-6-4-14(3)5-7-18/h4-10,13,16-17,21H,11-12H2,1-3H3/t16-,17-. The molecule has 26 heavy (non-hydrogen) atoms. The minimum atomic E-state index is -3.39. The van der Waals surface area contributed by atoms with Gasteiger partial charge in [-0.15, -0.1) is 0 Å². The third-order valence-corrected chi connectivity index (χ3v) is 7.46. The number of ether oxygens (including phenoxy) is 1. The summed E-state index contributed by atoms with van der Waals surface area (Å²) in [5.74, 6) is 1.07. The van der Waals surface area contributed by atoms with E-state index in [0.29, 0.717) is 16.7 Å². The number of hydrogen-bond donors (Lipinski definition) is 1. The highest BCUT2D eigenvalue weighted by molar-refractivity contribution is 8.71. The first kappa shape index (κ1) is 19.2. The highest BCUT2D eigenvalue weighted by atomic mass is 33.1. The lowest BCUT2D eigenvalue weighted by Crippen LogP contribution is -2.44. The Morgan fingerprint density at radius 2 is 1.88 bits per heavy atom. The van der Waals surface area contributed by atoms with E-state index in [0.717, 1.165) is 29.4 Å². The van der Waals surface area contributed by atoms with Crippen molar-refractivity contribution < 1.29 is 13.2 Å². The van der Waals surface area contributed by atoms with E-state index in [1.807, 2.05) is 19.1 Å². The topological polar surface area (TPSA) is 68.3 Å². The fraction of sp³-hybridized carbons (Fsp3) is 0.421. The molecule has 0 spiro atoms. The lowest BCUT2D eigenvalue weighted by atomic mass is 9.90. The van der Waals surface area contributed by atoms with Crippen molar-refractivity contribution >= 4 is 19.8 Å². The second kappa shape index (κ2) is 7.98. The Balaban J connectivity index is 1.47. The number of pyridine rings is 1. The van der Waals surface area contributed by atoms with Crippen LogP contribution in [0, 0.1) is 6.92 Å². The van der Waals surface area contributed by atoms with Crippen LogP contribution in [0.3, 0.4) is 0 Å². The highest BCUT2D eigenvalue weighted by Gasteiger charge is 2.32. The van der Waals surface area contributed by atoms with Gasteiger partial charge in [-0.05, 0) is 36.6 Å². The van der Waals surface area contributed by atoms with Crippen LogP contribution in [-0.2, 0) is 8.87 Å². The lowest BCUT2D eigenvalue weighted by Gasteiger charge is -2.35. The van der Waals surface area contributed by atoms with Crippen molar-refractivity contribution in [2.24, 2.45) is 0 Å². The molecule has 1 aromatic carbocycles. The molecule has 1 fully saturated rings. The molecule has 0 amide bonds. The first-order valence-electron chi connectivity index (χ1n) is 8.72. The van der Waals surface area contributed by atoms with Crippen LogP contribution in [0.1, 0.15) is 43.7 Å². The van der Waals surface area contributed by atoms with Crippen LogP contribution < -0.4 is 9.46 Å². The summed E-state index contributed by atoms with van der Waals surface area (Å²) >= 11 is 0. The maximum absolute atomic E-state index is 12.3. The maximum Gasteiger partial charge on any atom is 0.244 e. The average Bonchev–Trinajstić information content (AvgIpc) is 2.57. The second-order valence-corrected chi connectivity index (χ2v) is 10.6. The number of nitrogens with one attached hydrogen (secondary N) is 1. The SMILES string of the molecule is Cc1ccc(S(=O)(=O)SN[C@H]2C[C@H](Oc3cc(C(C)C)ccn3)C2)cc1. The predicted molar refractivity (Wildman–Crippen MR) is 105 cm³/mol. The van der Waals surface area contributed by atoms with Crippen molar-refractivity contribution in [3.8, 4) is 5.88 Å². The Kier molecular flexibility index (Phi) is 5.89. The van der Waals surface area contributed by atoms with E-state index in [1.165, 1.54) is 5.56 Å². The van der Waals surface area contributed by atoms with Crippen molar-refractivity contribution in [2.45, 2.75) is 56.6 Å². The molecular weight excluding hydrogens is 368 g/mol. The maximum atomic E-state index is 12.3. The summed E-state index contributed by atoms with van der Waals surface area (Å²) < 4.78 is 33.6. The number of aromatic nitrogens is 1. The van der Waals surface area contributed by atoms with E-state index in [-0.39, 0.29) is 12.1 Å². The number of aryl methyl sites for hydroxylation is 1. The van der Waals surface area contributed by atoms with Crippen LogP contribution in [0.2, 0.25) is 0 Å². The zero-order valence-corrected chi connectivity index (χ0v) is 16.8. The van der Waals surface area contributed by atoms with Crippen molar-refractivity contribution in [3.63, 3.8) is 0 Å². The Morgan fingerprint density at radius 1 is 1.19 bits per heavy atom. The van der Waals surface area contributed by atoms with Crippen molar-refractivity contribution in [3.05, 3.63) is 53.7 Å². The van der Waals surface area contributed by atoms with Gasteiger partial charge in [0.1, 0.15) is 6.10 Å². The lowest BCUT2D eigenvalue weighted by molar-refractivity contribution is 0.0908. The average molecular weight is 393 g/mol. The molecule has 2 aromatic rings. The van der Waals surface area contributed by atoms with E-state index < -0.39 is 8.87 Å². The molecule has 1 aliphatic rings. The van der Waals surface area contributed by atoms with Gasteiger partial charge in [-0.2, -0.15) is 0 Å². The molecule has 0 aliphatic heterocycles. The van der Waals surface area contributed by atoms with Gasteiger partial charge in [0.15, 0.2) is 0 Å². The zero-order valence-electron chi connectivity index (χ0n) is 15.2. The van der Waals surface area contributed by atoms with Gasteiger partial charge in [0.2, 0.25) is 14.7 Å². The monoisotopic (exact) mass is 392 g/mol. The van der Waals surface area contributed by atoms with Gasteiger partial charge in [-0.1, -0.05) is 31.5 Å². The van der Waals surface area contributed by atoms with Gasteiger partial charge < -0.3 is 4.74 Å². The predicted octanol–water partition coefficient (Wildman–Crippen LogP) is 4.05. The van der Waals surface area contributed by atoms with Crippen molar-refractivity contribution in [1.29, 1.82) is 0 Å². The molecule has 0 radical (unpaired) electrons. The van der Waals surface area contributed by atoms with Gasteiger partial charge in [-0.3, -0.25) is 0 Å². The van der Waals surface area contributed by atoms with Crippen molar-refractivity contribution in [2.75, 3.05) is 0 Å². The molecular formula is C19H24N2O3S2. The molecule has 7 heteroatoms. The number of hydrogen-bond acceptors (Lipinski definition) is 6. The number of benzene rings is 1. The smallest absolute Gasteiger partial charge is 0.244 e. The second-order valence-electron chi connectivity index (χ2n) is 6.96. The third kappa shape index (κ3) is 4.78. The molecule has 0 saturated heterocycles. The van der Waals surface area contributed by atoms with Gasteiger partial charge in [0.05, 0.1) is 15.9 Å². The normalized spacial score (nSPS) is 20.0. The Morgan fingerprint density at radius 3 is 2.54 bits per heavy atom. The van der Waals surface area contributed by atoms with E-state index in [2.05, 4.69) is 23.6 Å². The zero-order chi connectivity index (χ0) is 18.7. The van der Waals surface area contributed by atoms with Gasteiger partial charge in [0, 0.05) is 31.1 Å². The summed E-state index contributed by atoms with van der Waals surface area (Å²) in [5.41, 5.74) is 2.24. The van der Waals surface area contributed by atoms with Crippen LogP contribution in [0.25, 0.3) is 0 Å². The summed E-state index contributed by atoms with van der Waals surface area (Å²) in [6.45, 7) is 6.20. The minimum Gasteiger partial charge on any atom is -0.474 e. The van der Waals surface area contributed by atoms with Crippen LogP contribution in [0.5, 0.6) is 5.88 Å². The molecule has 0 atom stereocenters. The first-order valence-corrected chi connectivity index (χ1v) is 11.5. The summed E-state index contributed by atoms with van der Waals surface area (Å²) in [6.07, 6.45) is 3.38. The van der Waals surface area contributed by atoms with Crippen LogP contribution in [0.4, 0.5) is 0 Å². The summed E-state index contributed by atoms with van der Waals surface area (Å²) in [6, 6.07) is 11.0. The molecule has 1 aromatic heterocycles. The van der Waals surface area contributed by atoms with E-state index in [9.17, 15) is 8.42 Å². The quantitative estimate of drug-likeness (QED) is 0.566. The minimum absolute atomic E-state index is 0.0742. The Bertz CT molecular complexity index is 845. The summed E-state index contributed by atoms with van der Waals surface area (Å²) in [5, 5.41) is 0. The van der Waals surface area contributed by atoms with E-state index in [1.54, 1.807) is 30.5 Å². The number of nitrogens with zero attached hydrogens (tertiary/aromatic N) is 1. The molecule has 0 bridgehead atoms. The largest absolute Gasteiger partial charge is 0.474 e. The molecule has 5 nitrogen and oxygen atoms in total. The fourth-order valence-electron chi connectivity index (χ4n) is 2.66. The molecule has 1 aliphatic carbocycles. The van der Waals surface area contributed by atoms with Gasteiger partial charge >= 0.3 is 0 Å². The fourth-order valence-corrected chi connectivity index (χ4v) is 5.09. The first-order chi connectivity index (χ1) is 12.3.